The smallest absolute Gasteiger partial charge is 0.155 e. The van der Waals surface area contributed by atoms with Crippen LogP contribution in [0, 0.1) is 11.7 Å². The van der Waals surface area contributed by atoms with Crippen molar-refractivity contribution in [1.29, 1.82) is 0 Å². The van der Waals surface area contributed by atoms with Crippen molar-refractivity contribution in [2.24, 2.45) is 11.7 Å². The predicted octanol–water partition coefficient (Wildman–Crippen LogP) is 3.55. The van der Waals surface area contributed by atoms with Gasteiger partial charge in [-0.2, -0.15) is 0 Å². The van der Waals surface area contributed by atoms with Crippen LogP contribution in [0.1, 0.15) is 62.3 Å². The van der Waals surface area contributed by atoms with Gasteiger partial charge in [0.1, 0.15) is 11.3 Å². The summed E-state index contributed by atoms with van der Waals surface area (Å²) in [7, 11) is 0. The van der Waals surface area contributed by atoms with E-state index in [2.05, 4.69) is 4.98 Å². The first kappa shape index (κ1) is 18.5. The lowest BCUT2D eigenvalue weighted by Crippen LogP contribution is -2.38. The molecule has 2 fully saturated rings. The number of aliphatic hydroxyl groups is 2. The minimum absolute atomic E-state index is 0.0155. The minimum Gasteiger partial charge on any atom is -0.386 e. The first-order valence-electron chi connectivity index (χ1n) is 9.70. The zero-order chi connectivity index (χ0) is 19.4. The van der Waals surface area contributed by atoms with Gasteiger partial charge < -0.3 is 15.9 Å². The summed E-state index contributed by atoms with van der Waals surface area (Å²) >= 11 is 0. The summed E-state index contributed by atoms with van der Waals surface area (Å²) in [5.41, 5.74) is 5.70. The van der Waals surface area contributed by atoms with Crippen LogP contribution < -0.4 is 5.73 Å². The van der Waals surface area contributed by atoms with E-state index in [1.54, 1.807) is 0 Å². The molecule has 2 aliphatic carbocycles. The molecule has 0 aliphatic heterocycles. The fourth-order valence-electron chi connectivity index (χ4n) is 3.76. The van der Waals surface area contributed by atoms with E-state index in [0.29, 0.717) is 17.2 Å². The van der Waals surface area contributed by atoms with Crippen molar-refractivity contribution in [3.05, 3.63) is 53.0 Å². The van der Waals surface area contributed by atoms with Gasteiger partial charge in [-0.05, 0) is 63.0 Å². The number of halogens is 1. The number of hydrogen-bond donors (Lipinski definition) is 3. The summed E-state index contributed by atoms with van der Waals surface area (Å²) in [5, 5.41) is 21.6. The van der Waals surface area contributed by atoms with E-state index in [9.17, 15) is 10.2 Å². The van der Waals surface area contributed by atoms with Gasteiger partial charge in [0.25, 0.3) is 0 Å². The van der Waals surface area contributed by atoms with E-state index in [1.807, 2.05) is 24.3 Å². The third kappa shape index (κ3) is 3.40. The molecular weight excluding hydrogens is 343 g/mol. The largest absolute Gasteiger partial charge is 0.386 e. The van der Waals surface area contributed by atoms with E-state index in [4.69, 9.17) is 5.73 Å². The van der Waals surface area contributed by atoms with Crippen molar-refractivity contribution in [3.8, 4) is 11.3 Å². The molecule has 0 unspecified atom stereocenters. The average Bonchev–Trinajstić information content (AvgIpc) is 3.52. The number of nitrogens with zero attached hydrogens (tertiary/aromatic N) is 1. The summed E-state index contributed by atoms with van der Waals surface area (Å²) in [6.07, 6.45) is 4.15. The van der Waals surface area contributed by atoms with Crippen molar-refractivity contribution < 1.29 is 14.6 Å². The highest BCUT2D eigenvalue weighted by Crippen LogP contribution is 2.46. The van der Waals surface area contributed by atoms with Crippen molar-refractivity contribution in [3.63, 3.8) is 0 Å². The lowest BCUT2D eigenvalue weighted by Gasteiger charge is -2.29. The van der Waals surface area contributed by atoms with Crippen LogP contribution in [0.2, 0.25) is 0 Å². The molecule has 0 bridgehead atoms. The van der Waals surface area contributed by atoms with Crippen LogP contribution in [0.4, 0.5) is 4.39 Å². The van der Waals surface area contributed by atoms with E-state index in [0.717, 1.165) is 12.8 Å². The number of rotatable bonds is 6. The lowest BCUT2D eigenvalue weighted by atomic mass is 9.88. The normalized spacial score (nSPS) is 19.8. The predicted molar refractivity (Wildman–Crippen MR) is 103 cm³/mol. The number of benzene rings is 1. The van der Waals surface area contributed by atoms with Gasteiger partial charge >= 0.3 is 0 Å². The fourth-order valence-corrected chi connectivity index (χ4v) is 3.76. The average molecular weight is 370 g/mol. The molecule has 0 amide bonds. The molecule has 1 aromatic heterocycles. The first-order valence-corrected chi connectivity index (χ1v) is 9.70. The van der Waals surface area contributed by atoms with Gasteiger partial charge in [0.05, 0.1) is 11.3 Å². The molecule has 4 rings (SSSR count). The molecule has 0 spiro atoms. The highest BCUT2D eigenvalue weighted by molar-refractivity contribution is 5.62. The van der Waals surface area contributed by atoms with Crippen molar-refractivity contribution >= 4 is 0 Å². The Morgan fingerprint density at radius 1 is 1.11 bits per heavy atom. The summed E-state index contributed by atoms with van der Waals surface area (Å²) < 4.78 is 15.3. The number of nitrogens with two attached hydrogens (primary N) is 1. The standard InChI is InChI=1S/C22H27FN2O2/c1-21(2,26)17-11-18(22(27,12-24)16-9-10-16)25-20(19(17)23)15-7-5-14(6-8-15)13-3-4-13/h5-8,11,13,16,26-27H,3-4,9-10,12,24H2,1-2H3/t22-/m1/s1. The van der Waals surface area contributed by atoms with Crippen LogP contribution >= 0.6 is 0 Å². The van der Waals surface area contributed by atoms with E-state index in [1.165, 1.54) is 38.3 Å². The molecule has 144 valence electrons. The van der Waals surface area contributed by atoms with E-state index < -0.39 is 17.0 Å². The number of hydrogen-bond acceptors (Lipinski definition) is 4. The van der Waals surface area contributed by atoms with Crippen molar-refractivity contribution in [2.45, 2.75) is 56.7 Å². The fraction of sp³-hybridized carbons (Fsp3) is 0.500. The highest BCUT2D eigenvalue weighted by Gasteiger charge is 2.46. The topological polar surface area (TPSA) is 79.4 Å². The molecule has 2 aromatic rings. The van der Waals surface area contributed by atoms with Gasteiger partial charge in [-0.1, -0.05) is 24.3 Å². The molecule has 2 aliphatic rings. The van der Waals surface area contributed by atoms with E-state index >= 15 is 4.39 Å². The molecule has 1 atom stereocenters. The molecule has 5 heteroatoms. The van der Waals surface area contributed by atoms with Crippen LogP contribution in [0.5, 0.6) is 0 Å². The van der Waals surface area contributed by atoms with Crippen molar-refractivity contribution in [1.82, 2.24) is 4.98 Å². The molecule has 4 N–H and O–H groups in total. The molecule has 0 saturated heterocycles. The third-order valence-electron chi connectivity index (χ3n) is 5.86. The lowest BCUT2D eigenvalue weighted by molar-refractivity contribution is 0.0169. The first-order chi connectivity index (χ1) is 12.7. The maximum Gasteiger partial charge on any atom is 0.155 e. The number of aromatic nitrogens is 1. The Balaban J connectivity index is 1.85. The second kappa shape index (κ2) is 6.36. The van der Waals surface area contributed by atoms with Crippen LogP contribution in [0.25, 0.3) is 11.3 Å². The summed E-state index contributed by atoms with van der Waals surface area (Å²) in [6, 6.07) is 9.25. The zero-order valence-electron chi connectivity index (χ0n) is 15.9. The van der Waals surface area contributed by atoms with Gasteiger partial charge in [-0.3, -0.25) is 0 Å². The molecule has 0 radical (unpaired) electrons. The maximum absolute atomic E-state index is 15.3. The van der Waals surface area contributed by atoms with Crippen LogP contribution in [0.3, 0.4) is 0 Å². The molecular formula is C22H27FN2O2. The quantitative estimate of drug-likeness (QED) is 0.727. The van der Waals surface area contributed by atoms with Gasteiger partial charge in [-0.25, -0.2) is 9.37 Å². The zero-order valence-corrected chi connectivity index (χ0v) is 15.9. The Morgan fingerprint density at radius 2 is 1.74 bits per heavy atom. The molecule has 27 heavy (non-hydrogen) atoms. The third-order valence-corrected chi connectivity index (χ3v) is 5.86. The Kier molecular flexibility index (Phi) is 4.37. The van der Waals surface area contributed by atoms with E-state index in [-0.39, 0.29) is 23.7 Å². The monoisotopic (exact) mass is 370 g/mol. The molecule has 4 nitrogen and oxygen atoms in total. The van der Waals surface area contributed by atoms with Gasteiger partial charge in [0.15, 0.2) is 5.82 Å². The summed E-state index contributed by atoms with van der Waals surface area (Å²) in [6.45, 7) is 3.09. The SMILES string of the molecule is CC(C)(O)c1cc([C@@](O)(CN)C2CC2)nc(-c2ccc(C3CC3)cc2)c1F. The molecule has 1 aromatic carbocycles. The second-order valence-corrected chi connectivity index (χ2v) is 8.58. The Labute approximate surface area is 159 Å². The van der Waals surface area contributed by atoms with Crippen LogP contribution in [-0.2, 0) is 11.2 Å². The Morgan fingerprint density at radius 3 is 2.22 bits per heavy atom. The second-order valence-electron chi connectivity index (χ2n) is 8.58. The Hall–Kier alpha value is -1.82. The highest BCUT2D eigenvalue weighted by atomic mass is 19.1. The minimum atomic E-state index is -1.40. The van der Waals surface area contributed by atoms with Gasteiger partial charge in [-0.15, -0.1) is 0 Å². The van der Waals surface area contributed by atoms with Gasteiger partial charge in [0, 0.05) is 17.7 Å². The van der Waals surface area contributed by atoms with Crippen molar-refractivity contribution in [2.75, 3.05) is 6.54 Å². The summed E-state index contributed by atoms with van der Waals surface area (Å²) in [5.74, 6) is 0.0909. The Bertz CT molecular complexity index is 852. The number of pyridine rings is 1. The summed E-state index contributed by atoms with van der Waals surface area (Å²) in [4.78, 5) is 4.49. The van der Waals surface area contributed by atoms with Crippen LogP contribution in [0.15, 0.2) is 30.3 Å². The molecule has 1 heterocycles. The van der Waals surface area contributed by atoms with Crippen LogP contribution in [-0.4, -0.2) is 21.7 Å². The molecule has 2 saturated carbocycles. The maximum atomic E-state index is 15.3. The van der Waals surface area contributed by atoms with Gasteiger partial charge in [0.2, 0.25) is 0 Å².